The highest BCUT2D eigenvalue weighted by atomic mass is 32.1. The molecule has 3 aromatic carbocycles. The number of hydrogen-bond acceptors (Lipinski definition) is 6. The van der Waals surface area contributed by atoms with Crippen LogP contribution >= 0.6 is 12.2 Å². The molecule has 31 heavy (non-hydrogen) atoms. The smallest absolute Gasteiger partial charge is 0.178 e. The molecule has 156 valence electrons. The van der Waals surface area contributed by atoms with Gasteiger partial charge in [0.2, 0.25) is 0 Å². The fraction of sp³-hybridized carbons (Fsp3) is 0.0833. The summed E-state index contributed by atoms with van der Waals surface area (Å²) in [6, 6.07) is 19.7. The molecule has 0 amide bonds. The first-order chi connectivity index (χ1) is 15.0. The maximum atomic E-state index is 10.6. The maximum Gasteiger partial charge on any atom is 0.178 e. The van der Waals surface area contributed by atoms with E-state index >= 15 is 0 Å². The van der Waals surface area contributed by atoms with Crippen molar-refractivity contribution in [2.75, 3.05) is 12.4 Å². The second-order valence-corrected chi connectivity index (χ2v) is 7.32. The number of phenolic OH excluding ortho intramolecular Hbond substituents is 2. The van der Waals surface area contributed by atoms with E-state index in [2.05, 4.69) is 10.5 Å². The van der Waals surface area contributed by atoms with E-state index in [-0.39, 0.29) is 11.5 Å². The molecular formula is C24H20N2O4S. The number of aryl methyl sites for hydroxylation is 1. The second-order valence-electron chi connectivity index (χ2n) is 6.91. The molecule has 7 heteroatoms. The minimum Gasteiger partial charge on any atom is -0.507 e. The minimum atomic E-state index is -0.144. The zero-order valence-electron chi connectivity index (χ0n) is 16.9. The lowest BCUT2D eigenvalue weighted by molar-refractivity contribution is 0.415. The highest BCUT2D eigenvalue weighted by Gasteiger charge is 2.22. The lowest BCUT2D eigenvalue weighted by Crippen LogP contribution is -2.10. The molecule has 0 saturated carbocycles. The van der Waals surface area contributed by atoms with Crippen LogP contribution in [0, 0.1) is 6.92 Å². The third kappa shape index (κ3) is 4.08. The van der Waals surface area contributed by atoms with Crippen LogP contribution in [0.25, 0.3) is 22.5 Å². The fourth-order valence-electron chi connectivity index (χ4n) is 3.31. The third-order valence-electron chi connectivity index (χ3n) is 4.88. The average Bonchev–Trinajstić information content (AvgIpc) is 3.15. The summed E-state index contributed by atoms with van der Waals surface area (Å²) in [6.45, 7) is 1.83. The zero-order chi connectivity index (χ0) is 22.0. The van der Waals surface area contributed by atoms with Crippen LogP contribution in [0.15, 0.2) is 71.3 Å². The molecule has 0 saturated heterocycles. The first-order valence-corrected chi connectivity index (χ1v) is 9.92. The minimum absolute atomic E-state index is 0.142. The number of hydrogen-bond donors (Lipinski definition) is 3. The molecule has 0 atom stereocenters. The van der Waals surface area contributed by atoms with E-state index in [1.54, 1.807) is 13.2 Å². The molecule has 0 unspecified atom stereocenters. The van der Waals surface area contributed by atoms with Crippen molar-refractivity contribution in [2.24, 2.45) is 0 Å². The topological polar surface area (TPSA) is 87.8 Å². The molecular weight excluding hydrogens is 412 g/mol. The normalized spacial score (nSPS) is 10.6. The van der Waals surface area contributed by atoms with Gasteiger partial charge in [-0.05, 0) is 42.8 Å². The van der Waals surface area contributed by atoms with Crippen molar-refractivity contribution in [1.82, 2.24) is 5.16 Å². The summed E-state index contributed by atoms with van der Waals surface area (Å²) in [6.07, 6.45) is 0. The molecule has 6 nitrogen and oxygen atoms in total. The number of thiocarbonyl (C=S) groups is 1. The number of para-hydroxylation sites is 1. The van der Waals surface area contributed by atoms with Crippen LogP contribution in [0.2, 0.25) is 0 Å². The number of methoxy groups -OCH3 is 1. The van der Waals surface area contributed by atoms with Gasteiger partial charge in [0.05, 0.1) is 29.5 Å². The molecule has 4 rings (SSSR count). The van der Waals surface area contributed by atoms with Gasteiger partial charge in [-0.1, -0.05) is 47.7 Å². The summed E-state index contributed by atoms with van der Waals surface area (Å²) in [7, 11) is 1.60. The molecule has 0 radical (unpaired) electrons. The lowest BCUT2D eigenvalue weighted by atomic mass is 9.97. The maximum absolute atomic E-state index is 10.6. The number of ether oxygens (including phenoxy) is 1. The zero-order valence-corrected chi connectivity index (χ0v) is 17.7. The Morgan fingerprint density at radius 2 is 1.71 bits per heavy atom. The summed E-state index contributed by atoms with van der Waals surface area (Å²) < 4.78 is 10.8. The van der Waals surface area contributed by atoms with Crippen LogP contribution in [-0.4, -0.2) is 27.5 Å². The molecule has 1 heterocycles. The quantitative estimate of drug-likeness (QED) is 0.358. The Bertz CT molecular complexity index is 1230. The molecule has 0 aliphatic heterocycles. The van der Waals surface area contributed by atoms with Crippen molar-refractivity contribution in [3.05, 3.63) is 78.0 Å². The van der Waals surface area contributed by atoms with Crippen LogP contribution in [0.5, 0.6) is 17.2 Å². The largest absolute Gasteiger partial charge is 0.507 e. The van der Waals surface area contributed by atoms with Crippen molar-refractivity contribution in [2.45, 2.75) is 6.92 Å². The SMILES string of the molecule is COc1ccc(-c2c(C)noc2-c2cc(C(=S)Nc3ccccc3)c(O)cc2O)cc1. The number of aromatic hydroxyl groups is 2. The van der Waals surface area contributed by atoms with Crippen molar-refractivity contribution >= 4 is 22.9 Å². The lowest BCUT2D eigenvalue weighted by Gasteiger charge is -2.13. The second kappa shape index (κ2) is 8.49. The number of anilines is 1. The Morgan fingerprint density at radius 3 is 2.39 bits per heavy atom. The number of nitrogens with zero attached hydrogens (tertiary/aromatic N) is 1. The molecule has 0 aliphatic rings. The summed E-state index contributed by atoms with van der Waals surface area (Å²) in [5.41, 5.74) is 3.78. The Balaban J connectivity index is 1.77. The van der Waals surface area contributed by atoms with Gasteiger partial charge >= 0.3 is 0 Å². The Kier molecular flexibility index (Phi) is 5.60. The van der Waals surface area contributed by atoms with Crippen molar-refractivity contribution in [3.8, 4) is 39.7 Å². The van der Waals surface area contributed by atoms with Crippen LogP contribution in [-0.2, 0) is 0 Å². The Labute approximate surface area is 184 Å². The average molecular weight is 433 g/mol. The molecule has 3 N–H and O–H groups in total. The van der Waals surface area contributed by atoms with Gasteiger partial charge in [-0.15, -0.1) is 0 Å². The highest BCUT2D eigenvalue weighted by Crippen LogP contribution is 2.41. The molecule has 0 aliphatic carbocycles. The van der Waals surface area contributed by atoms with E-state index in [0.717, 1.165) is 22.6 Å². The Morgan fingerprint density at radius 1 is 1.00 bits per heavy atom. The number of nitrogens with one attached hydrogen (secondary N) is 1. The molecule has 0 fully saturated rings. The van der Waals surface area contributed by atoms with Crippen molar-refractivity contribution in [1.29, 1.82) is 0 Å². The van der Waals surface area contributed by atoms with Gasteiger partial charge in [-0.25, -0.2) is 0 Å². The molecule has 0 bridgehead atoms. The number of rotatable bonds is 5. The van der Waals surface area contributed by atoms with E-state index in [4.69, 9.17) is 21.5 Å². The fourth-order valence-corrected chi connectivity index (χ4v) is 3.59. The molecule has 1 aromatic heterocycles. The third-order valence-corrected chi connectivity index (χ3v) is 5.20. The summed E-state index contributed by atoms with van der Waals surface area (Å²) in [4.78, 5) is 0.312. The van der Waals surface area contributed by atoms with Gasteiger partial charge in [0, 0.05) is 11.8 Å². The van der Waals surface area contributed by atoms with E-state index in [9.17, 15) is 10.2 Å². The number of aromatic nitrogens is 1. The van der Waals surface area contributed by atoms with Gasteiger partial charge < -0.3 is 24.8 Å². The van der Waals surface area contributed by atoms with Gasteiger partial charge in [0.15, 0.2) is 5.76 Å². The van der Waals surface area contributed by atoms with Crippen LogP contribution in [0.4, 0.5) is 5.69 Å². The standard InChI is InChI=1S/C24H20N2O4S/c1-14-22(15-8-10-17(29-2)11-9-15)23(30-26-14)18-12-19(21(28)13-20(18)27)24(31)25-16-6-4-3-5-7-16/h3-13,27-28H,1-2H3,(H,25,31). The number of benzene rings is 3. The van der Waals surface area contributed by atoms with E-state index < -0.39 is 0 Å². The predicted molar refractivity (Wildman–Crippen MR) is 124 cm³/mol. The van der Waals surface area contributed by atoms with E-state index in [0.29, 0.717) is 27.6 Å². The molecule has 4 aromatic rings. The summed E-state index contributed by atoms with van der Waals surface area (Å²) in [5, 5.41) is 28.2. The van der Waals surface area contributed by atoms with Gasteiger partial charge in [-0.2, -0.15) is 0 Å². The summed E-state index contributed by atoms with van der Waals surface area (Å²) >= 11 is 5.49. The van der Waals surface area contributed by atoms with E-state index in [1.807, 2.05) is 61.5 Å². The van der Waals surface area contributed by atoms with Gasteiger partial charge in [0.25, 0.3) is 0 Å². The van der Waals surface area contributed by atoms with E-state index in [1.165, 1.54) is 6.07 Å². The first-order valence-electron chi connectivity index (χ1n) is 9.51. The summed E-state index contributed by atoms with van der Waals surface area (Å²) in [5.74, 6) is 0.821. The van der Waals surface area contributed by atoms with Crippen molar-refractivity contribution in [3.63, 3.8) is 0 Å². The Hall–Kier alpha value is -3.84. The van der Waals surface area contributed by atoms with Crippen LogP contribution in [0.1, 0.15) is 11.3 Å². The number of phenols is 2. The van der Waals surface area contributed by atoms with Crippen LogP contribution < -0.4 is 10.1 Å². The first kappa shape index (κ1) is 20.4. The molecule has 0 spiro atoms. The van der Waals surface area contributed by atoms with Crippen molar-refractivity contribution < 1.29 is 19.5 Å². The van der Waals surface area contributed by atoms with Crippen LogP contribution in [0.3, 0.4) is 0 Å². The van der Waals surface area contributed by atoms with Gasteiger partial charge in [-0.3, -0.25) is 0 Å². The van der Waals surface area contributed by atoms with Gasteiger partial charge in [0.1, 0.15) is 22.2 Å². The predicted octanol–water partition coefficient (Wildman–Crippen LogP) is 5.52. The monoisotopic (exact) mass is 432 g/mol. The highest BCUT2D eigenvalue weighted by molar-refractivity contribution is 7.81.